The maximum Gasteiger partial charge on any atom is 0.0304 e. The Morgan fingerprint density at radius 2 is 2.00 bits per heavy atom. The van der Waals surface area contributed by atoms with Crippen LogP contribution < -0.4 is 11.1 Å². The van der Waals surface area contributed by atoms with Crippen molar-refractivity contribution in [3.63, 3.8) is 0 Å². The van der Waals surface area contributed by atoms with E-state index in [1.165, 1.54) is 45.1 Å². The summed E-state index contributed by atoms with van der Waals surface area (Å²) in [5.41, 5.74) is 6.36. The molecule has 0 aromatic heterocycles. The van der Waals surface area contributed by atoms with Crippen LogP contribution in [0.2, 0.25) is 0 Å². The van der Waals surface area contributed by atoms with Crippen molar-refractivity contribution >= 4 is 0 Å². The first-order chi connectivity index (χ1) is 8.56. The lowest BCUT2D eigenvalue weighted by atomic mass is 9.86. The molecule has 2 aliphatic carbocycles. The van der Waals surface area contributed by atoms with Gasteiger partial charge in [0.2, 0.25) is 0 Å². The van der Waals surface area contributed by atoms with Gasteiger partial charge in [0.05, 0.1) is 0 Å². The molecule has 2 saturated carbocycles. The van der Waals surface area contributed by atoms with Gasteiger partial charge >= 0.3 is 0 Å². The first-order valence-corrected chi connectivity index (χ1v) is 8.01. The highest BCUT2D eigenvalue weighted by Gasteiger charge is 2.37. The summed E-state index contributed by atoms with van der Waals surface area (Å²) in [5, 5.41) is 3.85. The third kappa shape index (κ3) is 3.48. The van der Waals surface area contributed by atoms with Crippen molar-refractivity contribution in [1.29, 1.82) is 0 Å². The molecular formula is C16H32N2. The number of nitrogens with one attached hydrogen (secondary N) is 1. The van der Waals surface area contributed by atoms with Crippen molar-refractivity contribution in [2.24, 2.45) is 29.4 Å². The lowest BCUT2D eigenvalue weighted by Gasteiger charge is -2.33. The van der Waals surface area contributed by atoms with Crippen LogP contribution in [0.4, 0.5) is 0 Å². The minimum absolute atomic E-state index is 0.256. The second-order valence-corrected chi connectivity index (χ2v) is 7.27. The molecule has 0 spiro atoms. The van der Waals surface area contributed by atoms with E-state index in [0.29, 0.717) is 0 Å². The molecule has 2 rings (SSSR count). The zero-order valence-corrected chi connectivity index (χ0v) is 12.5. The maximum absolute atomic E-state index is 6.11. The zero-order chi connectivity index (χ0) is 13.2. The van der Waals surface area contributed by atoms with Crippen molar-refractivity contribution < 1.29 is 0 Å². The third-order valence-electron chi connectivity index (χ3n) is 5.57. The van der Waals surface area contributed by atoms with Gasteiger partial charge in [0, 0.05) is 12.1 Å². The average molecular weight is 252 g/mol. The van der Waals surface area contributed by atoms with Crippen molar-refractivity contribution in [2.75, 3.05) is 13.1 Å². The molecule has 2 heteroatoms. The first kappa shape index (κ1) is 14.3. The molecule has 0 bridgehead atoms. The van der Waals surface area contributed by atoms with Crippen LogP contribution in [0.15, 0.2) is 0 Å². The Morgan fingerprint density at radius 3 is 2.56 bits per heavy atom. The second-order valence-electron chi connectivity index (χ2n) is 7.27. The normalized spacial score (nSPS) is 40.8. The van der Waals surface area contributed by atoms with E-state index in [4.69, 9.17) is 5.73 Å². The zero-order valence-electron chi connectivity index (χ0n) is 12.5. The van der Waals surface area contributed by atoms with Gasteiger partial charge in [-0.05, 0) is 55.9 Å². The van der Waals surface area contributed by atoms with Crippen LogP contribution in [0.1, 0.15) is 59.3 Å². The lowest BCUT2D eigenvalue weighted by Crippen LogP contribution is -2.51. The number of hydrogen-bond acceptors (Lipinski definition) is 2. The molecule has 3 N–H and O–H groups in total. The standard InChI is InChI=1S/C16H32N2/c1-12(2)14-5-4-7-16(11-17,8-6-14)18-10-15-9-13(15)3/h12-15,18H,4-11,17H2,1-3H3. The van der Waals surface area contributed by atoms with E-state index in [2.05, 4.69) is 26.1 Å². The molecule has 2 aliphatic rings. The Morgan fingerprint density at radius 1 is 1.28 bits per heavy atom. The number of hydrogen-bond donors (Lipinski definition) is 2. The van der Waals surface area contributed by atoms with Gasteiger partial charge < -0.3 is 11.1 Å². The second kappa shape index (κ2) is 5.92. The highest BCUT2D eigenvalue weighted by atomic mass is 15.0. The van der Waals surface area contributed by atoms with E-state index in [9.17, 15) is 0 Å². The fourth-order valence-electron chi connectivity index (χ4n) is 3.58. The summed E-state index contributed by atoms with van der Waals surface area (Å²) in [6, 6.07) is 0. The van der Waals surface area contributed by atoms with Crippen LogP contribution in [0.25, 0.3) is 0 Å². The third-order valence-corrected chi connectivity index (χ3v) is 5.57. The molecule has 4 atom stereocenters. The van der Waals surface area contributed by atoms with Crippen LogP contribution >= 0.6 is 0 Å². The Balaban J connectivity index is 1.86. The van der Waals surface area contributed by atoms with Gasteiger partial charge in [-0.2, -0.15) is 0 Å². The molecule has 0 amide bonds. The van der Waals surface area contributed by atoms with E-state index in [-0.39, 0.29) is 5.54 Å². The molecule has 0 radical (unpaired) electrons. The van der Waals surface area contributed by atoms with Crippen molar-refractivity contribution in [3.8, 4) is 0 Å². The summed E-state index contributed by atoms with van der Waals surface area (Å²) < 4.78 is 0. The van der Waals surface area contributed by atoms with E-state index in [0.717, 1.165) is 30.2 Å². The topological polar surface area (TPSA) is 38.0 Å². The van der Waals surface area contributed by atoms with Crippen molar-refractivity contribution in [1.82, 2.24) is 5.32 Å². The predicted octanol–water partition coefficient (Wildman–Crippen LogP) is 3.17. The van der Waals surface area contributed by atoms with E-state index < -0.39 is 0 Å². The molecule has 0 saturated heterocycles. The lowest BCUT2D eigenvalue weighted by molar-refractivity contribution is 0.274. The fourth-order valence-corrected chi connectivity index (χ4v) is 3.58. The SMILES string of the molecule is CC(C)C1CCCC(CN)(NCC2CC2C)CC1. The Labute approximate surface area is 113 Å². The van der Waals surface area contributed by atoms with E-state index in [1.807, 2.05) is 0 Å². The molecule has 0 aromatic carbocycles. The Kier molecular flexibility index (Phi) is 4.71. The molecule has 2 fully saturated rings. The molecule has 2 nitrogen and oxygen atoms in total. The Hall–Kier alpha value is -0.0800. The van der Waals surface area contributed by atoms with Gasteiger partial charge in [-0.3, -0.25) is 0 Å². The van der Waals surface area contributed by atoms with Gasteiger partial charge in [-0.15, -0.1) is 0 Å². The quantitative estimate of drug-likeness (QED) is 0.738. The monoisotopic (exact) mass is 252 g/mol. The Bertz CT molecular complexity index is 264. The molecule has 106 valence electrons. The summed E-state index contributed by atoms with van der Waals surface area (Å²) in [6.07, 6.45) is 8.11. The molecular weight excluding hydrogens is 220 g/mol. The fraction of sp³-hybridized carbons (Fsp3) is 1.00. The number of rotatable bonds is 5. The smallest absolute Gasteiger partial charge is 0.0304 e. The minimum atomic E-state index is 0.256. The summed E-state index contributed by atoms with van der Waals surface area (Å²) in [6.45, 7) is 9.13. The summed E-state index contributed by atoms with van der Waals surface area (Å²) in [7, 11) is 0. The molecule has 0 aliphatic heterocycles. The highest BCUT2D eigenvalue weighted by Crippen LogP contribution is 2.38. The summed E-state index contributed by atoms with van der Waals surface area (Å²) in [5.74, 6) is 3.63. The van der Waals surface area contributed by atoms with Gasteiger partial charge in [-0.25, -0.2) is 0 Å². The largest absolute Gasteiger partial charge is 0.329 e. The average Bonchev–Trinajstić information content (AvgIpc) is 3.08. The van der Waals surface area contributed by atoms with Gasteiger partial charge in [-0.1, -0.05) is 33.6 Å². The first-order valence-electron chi connectivity index (χ1n) is 8.01. The predicted molar refractivity (Wildman–Crippen MR) is 78.5 cm³/mol. The van der Waals surface area contributed by atoms with Gasteiger partial charge in [0.25, 0.3) is 0 Å². The van der Waals surface area contributed by atoms with Crippen LogP contribution in [0, 0.1) is 23.7 Å². The molecule has 0 aromatic rings. The van der Waals surface area contributed by atoms with Crippen molar-refractivity contribution in [2.45, 2.75) is 64.8 Å². The summed E-state index contributed by atoms with van der Waals surface area (Å²) in [4.78, 5) is 0. The van der Waals surface area contributed by atoms with Crippen LogP contribution in [-0.4, -0.2) is 18.6 Å². The van der Waals surface area contributed by atoms with Gasteiger partial charge in [0.15, 0.2) is 0 Å². The van der Waals surface area contributed by atoms with Crippen molar-refractivity contribution in [3.05, 3.63) is 0 Å². The van der Waals surface area contributed by atoms with Crippen LogP contribution in [-0.2, 0) is 0 Å². The summed E-state index contributed by atoms with van der Waals surface area (Å²) >= 11 is 0. The molecule has 0 heterocycles. The maximum atomic E-state index is 6.11. The van der Waals surface area contributed by atoms with Crippen LogP contribution in [0.3, 0.4) is 0 Å². The minimum Gasteiger partial charge on any atom is -0.329 e. The molecule has 18 heavy (non-hydrogen) atoms. The van der Waals surface area contributed by atoms with Crippen LogP contribution in [0.5, 0.6) is 0 Å². The van der Waals surface area contributed by atoms with Gasteiger partial charge in [0.1, 0.15) is 0 Å². The highest BCUT2D eigenvalue weighted by molar-refractivity contribution is 4.95. The van der Waals surface area contributed by atoms with E-state index in [1.54, 1.807) is 0 Å². The molecule has 4 unspecified atom stereocenters. The van der Waals surface area contributed by atoms with E-state index >= 15 is 0 Å². The number of nitrogens with two attached hydrogens (primary N) is 1.